The van der Waals surface area contributed by atoms with Crippen LogP contribution in [0.5, 0.6) is 11.5 Å². The molecule has 0 unspecified atom stereocenters. The molecule has 2 N–H and O–H groups in total. The number of aliphatic hydroxyl groups is 1. The maximum atomic E-state index is 12.6. The number of fused-ring (bicyclic) bond motifs is 1. The molecule has 0 saturated heterocycles. The maximum absolute atomic E-state index is 12.6. The van der Waals surface area contributed by atoms with Crippen molar-refractivity contribution in [2.75, 3.05) is 6.79 Å². The summed E-state index contributed by atoms with van der Waals surface area (Å²) >= 11 is 0. The maximum Gasteiger partial charge on any atom is 0.231 e. The number of ether oxygens (including phenoxy) is 2. The zero-order chi connectivity index (χ0) is 17.2. The number of amides is 1. The van der Waals surface area contributed by atoms with Gasteiger partial charge in [0.25, 0.3) is 0 Å². The molecule has 1 heterocycles. The van der Waals surface area contributed by atoms with Crippen LogP contribution in [0.4, 0.5) is 0 Å². The molecule has 1 fully saturated rings. The largest absolute Gasteiger partial charge is 0.454 e. The van der Waals surface area contributed by atoms with Crippen LogP contribution in [-0.2, 0) is 11.2 Å². The minimum atomic E-state index is -0.248. The van der Waals surface area contributed by atoms with Crippen LogP contribution < -0.4 is 14.8 Å². The minimum absolute atomic E-state index is 0.0332. The fraction of sp³-hybridized carbons (Fsp3) is 0.350. The summed E-state index contributed by atoms with van der Waals surface area (Å²) in [4.78, 5) is 12.6. The number of hydrogen-bond donors (Lipinski definition) is 2. The molecule has 1 aliphatic heterocycles. The molecule has 2 aromatic rings. The molecule has 0 bridgehead atoms. The molecular weight excluding hydrogens is 318 g/mol. The summed E-state index contributed by atoms with van der Waals surface area (Å²) in [6, 6.07) is 15.5. The van der Waals surface area contributed by atoms with Gasteiger partial charge in [-0.1, -0.05) is 36.4 Å². The summed E-state index contributed by atoms with van der Waals surface area (Å²) in [5.41, 5.74) is 1.97. The Balaban J connectivity index is 1.45. The highest BCUT2D eigenvalue weighted by Crippen LogP contribution is 2.38. The molecule has 0 aromatic heterocycles. The normalized spacial score (nSPS) is 22.1. The lowest BCUT2D eigenvalue weighted by molar-refractivity contribution is -0.122. The average molecular weight is 339 g/mol. The predicted molar refractivity (Wildman–Crippen MR) is 92.3 cm³/mol. The van der Waals surface area contributed by atoms with Crippen LogP contribution in [0.2, 0.25) is 0 Å². The molecule has 2 aliphatic rings. The van der Waals surface area contributed by atoms with Crippen LogP contribution in [-0.4, -0.2) is 23.9 Å². The van der Waals surface area contributed by atoms with E-state index in [0.29, 0.717) is 5.75 Å². The Bertz CT molecular complexity index is 756. The minimum Gasteiger partial charge on any atom is -0.454 e. The van der Waals surface area contributed by atoms with Gasteiger partial charge in [-0.25, -0.2) is 0 Å². The van der Waals surface area contributed by atoms with E-state index in [-0.39, 0.29) is 37.2 Å². The summed E-state index contributed by atoms with van der Waals surface area (Å²) < 4.78 is 10.7. The number of hydrogen-bond acceptors (Lipinski definition) is 4. The van der Waals surface area contributed by atoms with Gasteiger partial charge in [-0.05, 0) is 42.0 Å². The number of carbonyl (C=O) groups excluding carboxylic acids is 1. The number of benzene rings is 2. The topological polar surface area (TPSA) is 67.8 Å². The lowest BCUT2D eigenvalue weighted by Crippen LogP contribution is -2.41. The van der Waals surface area contributed by atoms with Crippen molar-refractivity contribution in [1.29, 1.82) is 0 Å². The molecule has 5 heteroatoms. The van der Waals surface area contributed by atoms with Crippen molar-refractivity contribution in [3.63, 3.8) is 0 Å². The SMILES string of the molecule is O=C(Cc1ccc2c(c1)OCO2)N[C@@H](c1ccccc1)C1CC(O)C1. The number of aliphatic hydroxyl groups excluding tert-OH is 1. The zero-order valence-corrected chi connectivity index (χ0v) is 13.9. The molecule has 4 rings (SSSR count). The Morgan fingerprint density at radius 2 is 1.88 bits per heavy atom. The highest BCUT2D eigenvalue weighted by Gasteiger charge is 2.35. The smallest absolute Gasteiger partial charge is 0.231 e. The Kier molecular flexibility index (Phi) is 4.32. The van der Waals surface area contributed by atoms with Gasteiger partial charge in [-0.15, -0.1) is 0 Å². The number of rotatable bonds is 5. The zero-order valence-electron chi connectivity index (χ0n) is 13.9. The van der Waals surface area contributed by atoms with Crippen molar-refractivity contribution < 1.29 is 19.4 Å². The standard InChI is InChI=1S/C20H21NO4/c22-16-10-15(11-16)20(14-4-2-1-3-5-14)21-19(23)9-13-6-7-17-18(8-13)25-12-24-17/h1-8,15-16,20,22H,9-12H2,(H,21,23)/t15?,16?,20-/m0/s1. The first-order valence-electron chi connectivity index (χ1n) is 8.60. The first-order chi connectivity index (χ1) is 12.2. The lowest BCUT2D eigenvalue weighted by atomic mass is 9.75. The van der Waals surface area contributed by atoms with Gasteiger partial charge in [-0.3, -0.25) is 4.79 Å². The van der Waals surface area contributed by atoms with E-state index in [2.05, 4.69) is 5.32 Å². The second-order valence-corrected chi connectivity index (χ2v) is 6.71. The van der Waals surface area contributed by atoms with Gasteiger partial charge >= 0.3 is 0 Å². The van der Waals surface area contributed by atoms with Crippen LogP contribution in [0.25, 0.3) is 0 Å². The highest BCUT2D eigenvalue weighted by molar-refractivity contribution is 5.79. The molecule has 1 atom stereocenters. The molecule has 25 heavy (non-hydrogen) atoms. The monoisotopic (exact) mass is 339 g/mol. The van der Waals surface area contributed by atoms with E-state index in [1.807, 2.05) is 48.5 Å². The van der Waals surface area contributed by atoms with Crippen molar-refractivity contribution in [3.8, 4) is 11.5 Å². The van der Waals surface area contributed by atoms with Gasteiger partial charge in [0, 0.05) is 0 Å². The van der Waals surface area contributed by atoms with Crippen LogP contribution in [0.1, 0.15) is 30.0 Å². The quantitative estimate of drug-likeness (QED) is 0.879. The average Bonchev–Trinajstić information content (AvgIpc) is 3.06. The summed E-state index contributed by atoms with van der Waals surface area (Å²) in [5, 5.41) is 12.8. The molecule has 0 radical (unpaired) electrons. The van der Waals surface area contributed by atoms with E-state index in [9.17, 15) is 9.90 Å². The molecule has 1 amide bonds. The third-order valence-corrected chi connectivity index (χ3v) is 4.90. The van der Waals surface area contributed by atoms with Gasteiger partial charge in [0.05, 0.1) is 18.6 Å². The first kappa shape index (κ1) is 16.0. The predicted octanol–water partition coefficient (Wildman–Crippen LogP) is 2.59. The van der Waals surface area contributed by atoms with Crippen LogP contribution in [0.15, 0.2) is 48.5 Å². The van der Waals surface area contributed by atoms with E-state index < -0.39 is 0 Å². The van der Waals surface area contributed by atoms with Crippen molar-refractivity contribution >= 4 is 5.91 Å². The second kappa shape index (κ2) is 6.76. The summed E-state index contributed by atoms with van der Waals surface area (Å²) in [6.07, 6.45) is 1.49. The van der Waals surface area contributed by atoms with Crippen molar-refractivity contribution in [3.05, 3.63) is 59.7 Å². The van der Waals surface area contributed by atoms with Crippen LogP contribution in [0, 0.1) is 5.92 Å². The first-order valence-corrected chi connectivity index (χ1v) is 8.60. The second-order valence-electron chi connectivity index (χ2n) is 6.71. The van der Waals surface area contributed by atoms with E-state index in [1.165, 1.54) is 0 Å². The summed E-state index contributed by atoms with van der Waals surface area (Å²) in [7, 11) is 0. The van der Waals surface area contributed by atoms with E-state index in [0.717, 1.165) is 29.7 Å². The van der Waals surface area contributed by atoms with Gasteiger partial charge in [0.15, 0.2) is 11.5 Å². The molecule has 1 aliphatic carbocycles. The van der Waals surface area contributed by atoms with Crippen molar-refractivity contribution in [2.45, 2.75) is 31.4 Å². The molecule has 1 saturated carbocycles. The van der Waals surface area contributed by atoms with Crippen molar-refractivity contribution in [2.24, 2.45) is 5.92 Å². The highest BCUT2D eigenvalue weighted by atomic mass is 16.7. The van der Waals surface area contributed by atoms with Crippen LogP contribution >= 0.6 is 0 Å². The Morgan fingerprint density at radius 1 is 1.12 bits per heavy atom. The summed E-state index contributed by atoms with van der Waals surface area (Å²) in [6.45, 7) is 0.227. The molecular formula is C20H21NO4. The van der Waals surface area contributed by atoms with Gasteiger partial charge in [0.1, 0.15) is 0 Å². The third-order valence-electron chi connectivity index (χ3n) is 4.90. The fourth-order valence-electron chi connectivity index (χ4n) is 3.50. The van der Waals surface area contributed by atoms with Gasteiger partial charge in [-0.2, -0.15) is 0 Å². The van der Waals surface area contributed by atoms with E-state index in [1.54, 1.807) is 0 Å². The lowest BCUT2D eigenvalue weighted by Gasteiger charge is -2.38. The number of carbonyl (C=O) groups is 1. The van der Waals surface area contributed by atoms with Gasteiger partial charge in [0.2, 0.25) is 12.7 Å². The van der Waals surface area contributed by atoms with Gasteiger partial charge < -0.3 is 19.9 Å². The van der Waals surface area contributed by atoms with Crippen molar-refractivity contribution in [1.82, 2.24) is 5.32 Å². The molecule has 2 aromatic carbocycles. The fourth-order valence-corrected chi connectivity index (χ4v) is 3.50. The third kappa shape index (κ3) is 3.46. The number of nitrogens with one attached hydrogen (secondary N) is 1. The molecule has 0 spiro atoms. The molecule has 130 valence electrons. The van der Waals surface area contributed by atoms with Crippen LogP contribution in [0.3, 0.4) is 0 Å². The Morgan fingerprint density at radius 3 is 2.64 bits per heavy atom. The van der Waals surface area contributed by atoms with E-state index in [4.69, 9.17) is 9.47 Å². The Labute approximate surface area is 146 Å². The summed E-state index contributed by atoms with van der Waals surface area (Å²) in [5.74, 6) is 1.65. The molecule has 5 nitrogen and oxygen atoms in total. The Hall–Kier alpha value is -2.53. The van der Waals surface area contributed by atoms with E-state index >= 15 is 0 Å².